The van der Waals surface area contributed by atoms with Crippen LogP contribution in [0.3, 0.4) is 0 Å². The third kappa shape index (κ3) is 6.20. The van der Waals surface area contributed by atoms with E-state index in [2.05, 4.69) is 13.8 Å². The van der Waals surface area contributed by atoms with Crippen LogP contribution in [0.2, 0.25) is 0 Å². The fraction of sp³-hybridized carbons (Fsp3) is 0.900. The Morgan fingerprint density at radius 1 is 1.25 bits per heavy atom. The number of carbonyl (C=O) groups is 1. The lowest BCUT2D eigenvalue weighted by atomic mass is 10.1. The molecule has 0 spiro atoms. The molecule has 0 aromatic rings. The van der Waals surface area contributed by atoms with Crippen LogP contribution in [0.25, 0.3) is 0 Å². The molecule has 0 aliphatic heterocycles. The minimum atomic E-state index is -0.149. The van der Waals surface area contributed by atoms with Gasteiger partial charge in [0, 0.05) is 6.92 Å². The monoisotopic (exact) mass is 172 g/mol. The smallest absolute Gasteiger partial charge is 0.302 e. The molecule has 1 atom stereocenters. The third-order valence-electron chi connectivity index (χ3n) is 1.82. The molecular weight excluding hydrogens is 152 g/mol. The number of ether oxygens (including phenoxy) is 1. The summed E-state index contributed by atoms with van der Waals surface area (Å²) in [4.78, 5) is 10.7. The van der Waals surface area contributed by atoms with Crippen molar-refractivity contribution in [2.75, 3.05) is 0 Å². The van der Waals surface area contributed by atoms with Crippen LogP contribution >= 0.6 is 0 Å². The van der Waals surface area contributed by atoms with E-state index in [1.807, 2.05) is 0 Å². The Morgan fingerprint density at radius 2 is 1.92 bits per heavy atom. The summed E-state index contributed by atoms with van der Waals surface area (Å²) in [7, 11) is 0. The number of rotatable bonds is 6. The zero-order chi connectivity index (χ0) is 9.40. The Labute approximate surface area is 75.3 Å². The zero-order valence-electron chi connectivity index (χ0n) is 8.43. The molecule has 2 nitrogen and oxygen atoms in total. The highest BCUT2D eigenvalue weighted by Crippen LogP contribution is 2.10. The first-order chi connectivity index (χ1) is 5.70. The van der Waals surface area contributed by atoms with Gasteiger partial charge < -0.3 is 4.74 Å². The molecule has 0 amide bonds. The fourth-order valence-corrected chi connectivity index (χ4v) is 1.25. The van der Waals surface area contributed by atoms with Crippen molar-refractivity contribution in [1.29, 1.82) is 0 Å². The van der Waals surface area contributed by atoms with Gasteiger partial charge in [0.05, 0.1) is 0 Å². The molecule has 0 radical (unpaired) electrons. The number of esters is 1. The number of hydrogen-bond acceptors (Lipinski definition) is 2. The molecule has 0 saturated carbocycles. The van der Waals surface area contributed by atoms with E-state index < -0.39 is 0 Å². The van der Waals surface area contributed by atoms with Crippen molar-refractivity contribution in [2.45, 2.75) is 59.0 Å². The largest absolute Gasteiger partial charge is 0.463 e. The predicted molar refractivity (Wildman–Crippen MR) is 50.0 cm³/mol. The van der Waals surface area contributed by atoms with Crippen molar-refractivity contribution >= 4 is 5.97 Å². The molecule has 0 aliphatic carbocycles. The number of carbonyl (C=O) groups excluding carboxylic acids is 1. The van der Waals surface area contributed by atoms with Gasteiger partial charge in [0.2, 0.25) is 0 Å². The molecule has 0 unspecified atom stereocenters. The van der Waals surface area contributed by atoms with Gasteiger partial charge in [-0.05, 0) is 12.8 Å². The zero-order valence-corrected chi connectivity index (χ0v) is 8.43. The first-order valence-electron chi connectivity index (χ1n) is 4.87. The average Bonchev–Trinajstić information content (AvgIpc) is 2.00. The van der Waals surface area contributed by atoms with E-state index >= 15 is 0 Å². The molecule has 0 aromatic heterocycles. The second-order valence-corrected chi connectivity index (χ2v) is 3.16. The Morgan fingerprint density at radius 3 is 2.33 bits per heavy atom. The van der Waals surface area contributed by atoms with E-state index in [1.54, 1.807) is 0 Å². The highest BCUT2D eigenvalue weighted by Gasteiger charge is 2.09. The van der Waals surface area contributed by atoms with Gasteiger partial charge in [-0.25, -0.2) is 0 Å². The van der Waals surface area contributed by atoms with Crippen molar-refractivity contribution in [3.63, 3.8) is 0 Å². The van der Waals surface area contributed by atoms with Crippen LogP contribution in [-0.4, -0.2) is 12.1 Å². The number of hydrogen-bond donors (Lipinski definition) is 0. The molecule has 0 saturated heterocycles. The SMILES string of the molecule is CCCC[C@H](CCC)OC(C)=O. The van der Waals surface area contributed by atoms with Gasteiger partial charge in [0.25, 0.3) is 0 Å². The van der Waals surface area contributed by atoms with Gasteiger partial charge in [-0.1, -0.05) is 33.1 Å². The minimum absolute atomic E-state index is 0.149. The average molecular weight is 172 g/mol. The summed E-state index contributed by atoms with van der Waals surface area (Å²) >= 11 is 0. The molecular formula is C10H20O2. The van der Waals surface area contributed by atoms with Crippen molar-refractivity contribution < 1.29 is 9.53 Å². The lowest BCUT2D eigenvalue weighted by Gasteiger charge is -2.15. The van der Waals surface area contributed by atoms with Crippen LogP contribution in [0.5, 0.6) is 0 Å². The van der Waals surface area contributed by atoms with Crippen LogP contribution in [0, 0.1) is 0 Å². The molecule has 12 heavy (non-hydrogen) atoms. The van der Waals surface area contributed by atoms with E-state index in [9.17, 15) is 4.79 Å². The third-order valence-corrected chi connectivity index (χ3v) is 1.82. The second kappa shape index (κ2) is 7.14. The normalized spacial score (nSPS) is 12.6. The van der Waals surface area contributed by atoms with Crippen molar-refractivity contribution in [3.05, 3.63) is 0 Å². The topological polar surface area (TPSA) is 26.3 Å². The van der Waals surface area contributed by atoms with Gasteiger partial charge in [0.1, 0.15) is 6.10 Å². The molecule has 72 valence electrons. The van der Waals surface area contributed by atoms with Crippen LogP contribution in [0.15, 0.2) is 0 Å². The molecule has 0 rings (SSSR count). The van der Waals surface area contributed by atoms with Gasteiger partial charge >= 0.3 is 5.97 Å². The maximum Gasteiger partial charge on any atom is 0.302 e. The molecule has 0 aromatic carbocycles. The molecule has 2 heteroatoms. The maximum absolute atomic E-state index is 10.7. The maximum atomic E-state index is 10.7. The predicted octanol–water partition coefficient (Wildman–Crippen LogP) is 2.91. The highest BCUT2D eigenvalue weighted by atomic mass is 16.5. The molecule has 0 N–H and O–H groups in total. The molecule has 0 bridgehead atoms. The van der Waals surface area contributed by atoms with Gasteiger partial charge in [-0.3, -0.25) is 4.79 Å². The van der Waals surface area contributed by atoms with Gasteiger partial charge in [-0.15, -0.1) is 0 Å². The molecule has 0 heterocycles. The quantitative estimate of drug-likeness (QED) is 0.576. The van der Waals surface area contributed by atoms with Crippen LogP contribution in [0.4, 0.5) is 0 Å². The lowest BCUT2D eigenvalue weighted by molar-refractivity contribution is -0.147. The Hall–Kier alpha value is -0.530. The van der Waals surface area contributed by atoms with Crippen molar-refractivity contribution in [2.24, 2.45) is 0 Å². The van der Waals surface area contributed by atoms with E-state index in [1.165, 1.54) is 13.3 Å². The second-order valence-electron chi connectivity index (χ2n) is 3.16. The lowest BCUT2D eigenvalue weighted by Crippen LogP contribution is -2.15. The van der Waals surface area contributed by atoms with E-state index in [0.29, 0.717) is 0 Å². The fourth-order valence-electron chi connectivity index (χ4n) is 1.25. The Balaban J connectivity index is 3.61. The summed E-state index contributed by atoms with van der Waals surface area (Å²) in [6, 6.07) is 0. The molecule has 0 fully saturated rings. The van der Waals surface area contributed by atoms with Crippen LogP contribution in [0.1, 0.15) is 52.9 Å². The standard InChI is InChI=1S/C10H20O2/c1-4-6-8-10(7-5-2)12-9(3)11/h10H,4-8H2,1-3H3/t10-/m0/s1. The van der Waals surface area contributed by atoms with Gasteiger partial charge in [0.15, 0.2) is 0 Å². The van der Waals surface area contributed by atoms with Crippen LogP contribution < -0.4 is 0 Å². The Kier molecular flexibility index (Phi) is 6.82. The van der Waals surface area contributed by atoms with Crippen LogP contribution in [-0.2, 0) is 9.53 Å². The minimum Gasteiger partial charge on any atom is -0.463 e. The van der Waals surface area contributed by atoms with Crippen molar-refractivity contribution in [1.82, 2.24) is 0 Å². The van der Waals surface area contributed by atoms with E-state index in [4.69, 9.17) is 4.74 Å². The summed E-state index contributed by atoms with van der Waals surface area (Å²) in [5.41, 5.74) is 0. The summed E-state index contributed by atoms with van der Waals surface area (Å²) in [6.07, 6.45) is 5.58. The van der Waals surface area contributed by atoms with E-state index in [0.717, 1.165) is 25.7 Å². The number of unbranched alkanes of at least 4 members (excludes halogenated alkanes) is 1. The summed E-state index contributed by atoms with van der Waals surface area (Å²) < 4.78 is 5.15. The molecule has 0 aliphatic rings. The highest BCUT2D eigenvalue weighted by molar-refractivity contribution is 5.66. The summed E-state index contributed by atoms with van der Waals surface area (Å²) in [5.74, 6) is -0.149. The Bertz CT molecular complexity index is 121. The first-order valence-corrected chi connectivity index (χ1v) is 4.87. The summed E-state index contributed by atoms with van der Waals surface area (Å²) in [5, 5.41) is 0. The first kappa shape index (κ1) is 11.5. The summed E-state index contributed by atoms with van der Waals surface area (Å²) in [6.45, 7) is 5.74. The van der Waals surface area contributed by atoms with Crippen molar-refractivity contribution in [3.8, 4) is 0 Å². The van der Waals surface area contributed by atoms with Gasteiger partial charge in [-0.2, -0.15) is 0 Å². The van der Waals surface area contributed by atoms with E-state index in [-0.39, 0.29) is 12.1 Å².